The first kappa shape index (κ1) is 10.9. The molecule has 0 bridgehead atoms. The van der Waals surface area contributed by atoms with Gasteiger partial charge >= 0.3 is 0 Å². The van der Waals surface area contributed by atoms with Crippen molar-refractivity contribution in [1.29, 1.82) is 0 Å². The summed E-state index contributed by atoms with van der Waals surface area (Å²) >= 11 is 5.48. The molecule has 1 heterocycles. The molecule has 2 rings (SSSR count). The number of hydrogen-bond acceptors (Lipinski definition) is 3. The predicted molar refractivity (Wildman–Crippen MR) is 48.6 cm³/mol. The average molecular weight is 249 g/mol. The lowest BCUT2D eigenvalue weighted by molar-refractivity contribution is 0.524. The molecule has 0 saturated carbocycles. The van der Waals surface area contributed by atoms with Crippen molar-refractivity contribution < 1.29 is 13.2 Å². The third-order valence-corrected chi connectivity index (χ3v) is 2.09. The Morgan fingerprint density at radius 3 is 2.38 bits per heavy atom. The summed E-state index contributed by atoms with van der Waals surface area (Å²) in [4.78, 5) is 0. The molecule has 2 aromatic rings. The summed E-state index contributed by atoms with van der Waals surface area (Å²) < 4.78 is 40.2. The van der Waals surface area contributed by atoms with Gasteiger partial charge < -0.3 is 0 Å². The summed E-state index contributed by atoms with van der Waals surface area (Å²) in [6.07, 6.45) is 0. The fourth-order valence-corrected chi connectivity index (χ4v) is 1.37. The van der Waals surface area contributed by atoms with E-state index in [9.17, 15) is 13.2 Å². The Hall–Kier alpha value is -1.63. The van der Waals surface area contributed by atoms with Crippen LogP contribution in [0.15, 0.2) is 12.1 Å². The molecule has 0 N–H and O–H groups in total. The van der Waals surface area contributed by atoms with Crippen LogP contribution < -0.4 is 0 Å². The van der Waals surface area contributed by atoms with Gasteiger partial charge in [-0.25, -0.2) is 13.2 Å². The monoisotopic (exact) mass is 248 g/mol. The van der Waals surface area contributed by atoms with Crippen molar-refractivity contribution in [3.8, 4) is 5.69 Å². The van der Waals surface area contributed by atoms with Gasteiger partial charge in [0.15, 0.2) is 17.5 Å². The summed E-state index contributed by atoms with van der Waals surface area (Å²) in [5.74, 6) is -3.28. The molecule has 0 spiro atoms. The molecule has 1 aromatic carbocycles. The zero-order valence-corrected chi connectivity index (χ0v) is 8.42. The molecule has 0 aliphatic rings. The van der Waals surface area contributed by atoms with E-state index < -0.39 is 23.1 Å². The minimum atomic E-state index is -1.10. The molecule has 0 atom stereocenters. The lowest BCUT2D eigenvalue weighted by Gasteiger charge is -2.05. The highest BCUT2D eigenvalue weighted by atomic mass is 35.5. The lowest BCUT2D eigenvalue weighted by atomic mass is 10.3. The Bertz CT molecular complexity index is 505. The molecule has 0 aliphatic heterocycles. The molecule has 0 unspecified atom stereocenters. The topological polar surface area (TPSA) is 43.6 Å². The molecule has 4 nitrogen and oxygen atoms in total. The first-order valence-electron chi connectivity index (χ1n) is 4.11. The minimum absolute atomic E-state index is 0.0612. The van der Waals surface area contributed by atoms with Crippen molar-refractivity contribution in [1.82, 2.24) is 20.2 Å². The van der Waals surface area contributed by atoms with Gasteiger partial charge in [0, 0.05) is 12.1 Å². The summed E-state index contributed by atoms with van der Waals surface area (Å²) in [6, 6.07) is 1.08. The maximum absolute atomic E-state index is 13.4. The van der Waals surface area contributed by atoms with E-state index in [2.05, 4.69) is 15.5 Å². The average Bonchev–Trinajstić information content (AvgIpc) is 2.64. The normalized spacial score (nSPS) is 10.8. The Kier molecular flexibility index (Phi) is 2.78. The number of benzene rings is 1. The van der Waals surface area contributed by atoms with Gasteiger partial charge in [0.05, 0.1) is 5.88 Å². The van der Waals surface area contributed by atoms with Crippen LogP contribution in [0.5, 0.6) is 0 Å². The summed E-state index contributed by atoms with van der Waals surface area (Å²) in [6.45, 7) is 0. The van der Waals surface area contributed by atoms with Crippen molar-refractivity contribution in [2.75, 3.05) is 0 Å². The van der Waals surface area contributed by atoms with Crippen molar-refractivity contribution in [2.24, 2.45) is 0 Å². The van der Waals surface area contributed by atoms with E-state index in [4.69, 9.17) is 11.6 Å². The summed E-state index contributed by atoms with van der Waals surface area (Å²) in [5, 5.41) is 10.1. The first-order chi connectivity index (χ1) is 7.63. The van der Waals surface area contributed by atoms with E-state index in [0.29, 0.717) is 12.1 Å². The maximum atomic E-state index is 13.4. The second-order valence-electron chi connectivity index (χ2n) is 2.86. The van der Waals surface area contributed by atoms with Crippen LogP contribution in [-0.2, 0) is 5.88 Å². The van der Waals surface area contributed by atoms with Crippen molar-refractivity contribution in [3.05, 3.63) is 35.4 Å². The number of nitrogens with zero attached hydrogens (tertiary/aromatic N) is 4. The van der Waals surface area contributed by atoms with Crippen molar-refractivity contribution in [2.45, 2.75) is 5.88 Å². The van der Waals surface area contributed by atoms with Gasteiger partial charge in [0.1, 0.15) is 11.5 Å². The van der Waals surface area contributed by atoms with Crippen LogP contribution in [0.3, 0.4) is 0 Å². The molecule has 16 heavy (non-hydrogen) atoms. The smallest absolute Gasteiger partial charge is 0.171 e. The quantitative estimate of drug-likeness (QED) is 0.762. The van der Waals surface area contributed by atoms with Crippen LogP contribution in [0, 0.1) is 17.5 Å². The van der Waals surface area contributed by atoms with E-state index in [0.717, 1.165) is 4.68 Å². The molecule has 8 heteroatoms. The number of halogens is 4. The number of rotatable bonds is 2. The zero-order valence-electron chi connectivity index (χ0n) is 7.66. The van der Waals surface area contributed by atoms with Crippen LogP contribution >= 0.6 is 11.6 Å². The fraction of sp³-hybridized carbons (Fsp3) is 0.125. The van der Waals surface area contributed by atoms with Crippen LogP contribution in [0.2, 0.25) is 0 Å². The number of tetrazole rings is 1. The fourth-order valence-electron chi connectivity index (χ4n) is 1.20. The number of aromatic nitrogens is 4. The van der Waals surface area contributed by atoms with E-state index in [-0.39, 0.29) is 11.7 Å². The molecule has 0 amide bonds. The first-order valence-corrected chi connectivity index (χ1v) is 4.65. The Balaban J connectivity index is 2.64. The van der Waals surface area contributed by atoms with Gasteiger partial charge in [0.2, 0.25) is 0 Å². The van der Waals surface area contributed by atoms with Crippen LogP contribution in [-0.4, -0.2) is 20.2 Å². The molecular formula is C8H4ClF3N4. The van der Waals surface area contributed by atoms with Gasteiger partial charge in [0.25, 0.3) is 0 Å². The highest BCUT2D eigenvalue weighted by molar-refractivity contribution is 6.16. The highest BCUT2D eigenvalue weighted by Gasteiger charge is 2.17. The lowest BCUT2D eigenvalue weighted by Crippen LogP contribution is -2.07. The zero-order chi connectivity index (χ0) is 11.7. The molecule has 0 saturated heterocycles. The van der Waals surface area contributed by atoms with E-state index in [1.807, 2.05) is 0 Å². The second-order valence-corrected chi connectivity index (χ2v) is 3.13. The molecule has 0 fully saturated rings. The maximum Gasteiger partial charge on any atom is 0.171 e. The molecule has 1 aromatic heterocycles. The van der Waals surface area contributed by atoms with E-state index in [1.165, 1.54) is 0 Å². The summed E-state index contributed by atoms with van der Waals surface area (Å²) in [7, 11) is 0. The predicted octanol–water partition coefficient (Wildman–Crippen LogP) is 1.82. The minimum Gasteiger partial charge on any atom is -0.207 e. The molecule has 0 radical (unpaired) electrons. The van der Waals surface area contributed by atoms with Crippen LogP contribution in [0.25, 0.3) is 5.69 Å². The van der Waals surface area contributed by atoms with Crippen LogP contribution in [0.1, 0.15) is 5.82 Å². The van der Waals surface area contributed by atoms with Crippen molar-refractivity contribution >= 4 is 11.6 Å². The Morgan fingerprint density at radius 1 is 1.19 bits per heavy atom. The number of alkyl halides is 1. The van der Waals surface area contributed by atoms with Crippen LogP contribution in [0.4, 0.5) is 13.2 Å². The third-order valence-electron chi connectivity index (χ3n) is 1.85. The molecular weight excluding hydrogens is 245 g/mol. The largest absolute Gasteiger partial charge is 0.207 e. The third kappa shape index (κ3) is 1.73. The summed E-state index contributed by atoms with van der Waals surface area (Å²) in [5.41, 5.74) is -0.554. The van der Waals surface area contributed by atoms with Gasteiger partial charge in [-0.3, -0.25) is 0 Å². The SMILES string of the molecule is Fc1cc(F)c(-n2nnnc2CCl)c(F)c1. The number of hydrogen-bond donors (Lipinski definition) is 0. The highest BCUT2D eigenvalue weighted by Crippen LogP contribution is 2.19. The van der Waals surface area contributed by atoms with Gasteiger partial charge in [-0.15, -0.1) is 16.7 Å². The Morgan fingerprint density at radius 2 is 1.81 bits per heavy atom. The molecule has 0 aliphatic carbocycles. The van der Waals surface area contributed by atoms with Gasteiger partial charge in [-0.05, 0) is 10.4 Å². The second kappa shape index (κ2) is 4.09. The van der Waals surface area contributed by atoms with Gasteiger partial charge in [-0.2, -0.15) is 4.68 Å². The van der Waals surface area contributed by atoms with Gasteiger partial charge in [-0.1, -0.05) is 0 Å². The van der Waals surface area contributed by atoms with Crippen molar-refractivity contribution in [3.63, 3.8) is 0 Å². The molecule has 84 valence electrons. The van der Waals surface area contributed by atoms with E-state index >= 15 is 0 Å². The van der Waals surface area contributed by atoms with E-state index in [1.54, 1.807) is 0 Å². The standard InChI is InChI=1S/C8H4ClF3N4/c9-3-7-13-14-15-16(7)8-5(11)1-4(10)2-6(8)12/h1-2H,3H2. The Labute approximate surface area is 92.6 Å².